The van der Waals surface area contributed by atoms with Crippen molar-refractivity contribution in [2.75, 3.05) is 33.4 Å². The summed E-state index contributed by atoms with van der Waals surface area (Å²) in [5.41, 5.74) is -0.718. The number of amides is 2. The molecule has 1 N–H and O–H groups in total. The quantitative estimate of drug-likeness (QED) is 0.725. The number of carbonyl (C=O) groups excluding carboxylic acids is 2. The molecule has 0 bridgehead atoms. The lowest BCUT2D eigenvalue weighted by Gasteiger charge is -2.36. The van der Waals surface area contributed by atoms with Crippen molar-refractivity contribution in [2.45, 2.75) is 31.5 Å². The fourth-order valence-corrected chi connectivity index (χ4v) is 2.44. The summed E-state index contributed by atoms with van der Waals surface area (Å²) in [7, 11) is 1.56. The Hall–Kier alpha value is -1.14. The highest BCUT2D eigenvalue weighted by atomic mass is 16.5. The fraction of sp³-hybridized carbons (Fsp3) is 0.833. The molecule has 2 aliphatic heterocycles. The standard InChI is InChI=1S/C12H20N2O4/c1-12(4-3-6-18-12)11(16)14-5-7-17-9(8-14)10(15)13-2/h9H,3-8H2,1-2H3,(H,13,15). The van der Waals surface area contributed by atoms with Gasteiger partial charge in [0.1, 0.15) is 5.60 Å². The third-order valence-electron chi connectivity index (χ3n) is 3.56. The van der Waals surface area contributed by atoms with Gasteiger partial charge in [-0.2, -0.15) is 0 Å². The lowest BCUT2D eigenvalue weighted by molar-refractivity contribution is -0.160. The van der Waals surface area contributed by atoms with E-state index in [2.05, 4.69) is 5.32 Å². The zero-order chi connectivity index (χ0) is 13.2. The Bertz CT molecular complexity index is 339. The molecule has 102 valence electrons. The van der Waals surface area contributed by atoms with Gasteiger partial charge in [0.2, 0.25) is 0 Å². The minimum absolute atomic E-state index is 0.0304. The normalized spacial score (nSPS) is 32.3. The van der Waals surface area contributed by atoms with Gasteiger partial charge in [0, 0.05) is 20.2 Å². The molecule has 0 radical (unpaired) electrons. The Morgan fingerprint density at radius 1 is 1.39 bits per heavy atom. The number of likely N-dealkylation sites (N-methyl/N-ethyl adjacent to an activating group) is 1. The third kappa shape index (κ3) is 2.49. The lowest BCUT2D eigenvalue weighted by Crippen LogP contribution is -2.56. The van der Waals surface area contributed by atoms with E-state index in [0.29, 0.717) is 26.3 Å². The maximum atomic E-state index is 12.4. The van der Waals surface area contributed by atoms with Gasteiger partial charge in [0.25, 0.3) is 11.8 Å². The first-order valence-electron chi connectivity index (χ1n) is 6.33. The van der Waals surface area contributed by atoms with Gasteiger partial charge in [0.05, 0.1) is 13.2 Å². The van der Waals surface area contributed by atoms with Crippen molar-refractivity contribution < 1.29 is 19.1 Å². The predicted octanol–water partition coefficient (Wildman–Crippen LogP) is -0.471. The molecule has 6 heteroatoms. The van der Waals surface area contributed by atoms with Gasteiger partial charge in [-0.05, 0) is 19.8 Å². The van der Waals surface area contributed by atoms with E-state index >= 15 is 0 Å². The van der Waals surface area contributed by atoms with Crippen LogP contribution in [0.3, 0.4) is 0 Å². The van der Waals surface area contributed by atoms with E-state index in [0.717, 1.165) is 12.8 Å². The van der Waals surface area contributed by atoms with Crippen molar-refractivity contribution in [3.63, 3.8) is 0 Å². The smallest absolute Gasteiger partial charge is 0.254 e. The maximum absolute atomic E-state index is 12.4. The molecular weight excluding hydrogens is 236 g/mol. The molecule has 0 aliphatic carbocycles. The average Bonchev–Trinajstić information content (AvgIpc) is 2.85. The number of ether oxygens (including phenoxy) is 2. The predicted molar refractivity (Wildman–Crippen MR) is 64.0 cm³/mol. The number of nitrogens with zero attached hydrogens (tertiary/aromatic N) is 1. The molecule has 2 saturated heterocycles. The number of rotatable bonds is 2. The highest BCUT2D eigenvalue weighted by Gasteiger charge is 2.42. The van der Waals surface area contributed by atoms with E-state index in [-0.39, 0.29) is 11.8 Å². The van der Waals surface area contributed by atoms with Crippen LogP contribution >= 0.6 is 0 Å². The minimum atomic E-state index is -0.718. The van der Waals surface area contributed by atoms with Gasteiger partial charge in [-0.25, -0.2) is 0 Å². The molecule has 2 rings (SSSR count). The molecule has 0 aromatic rings. The first kappa shape index (κ1) is 13.3. The molecule has 6 nitrogen and oxygen atoms in total. The van der Waals surface area contributed by atoms with Crippen LogP contribution in [0.15, 0.2) is 0 Å². The SMILES string of the molecule is CNC(=O)C1CN(C(=O)C2(C)CCCO2)CCO1. The van der Waals surface area contributed by atoms with Gasteiger partial charge in [-0.1, -0.05) is 0 Å². The van der Waals surface area contributed by atoms with E-state index in [1.165, 1.54) is 0 Å². The van der Waals surface area contributed by atoms with Gasteiger partial charge >= 0.3 is 0 Å². The van der Waals surface area contributed by atoms with Crippen LogP contribution in [0, 0.1) is 0 Å². The van der Waals surface area contributed by atoms with Crippen LogP contribution in [0.2, 0.25) is 0 Å². The average molecular weight is 256 g/mol. The second kappa shape index (κ2) is 5.24. The van der Waals surface area contributed by atoms with Crippen LogP contribution < -0.4 is 5.32 Å². The van der Waals surface area contributed by atoms with Gasteiger partial charge in [-0.15, -0.1) is 0 Å². The summed E-state index contributed by atoms with van der Waals surface area (Å²) in [6, 6.07) is 0. The molecule has 2 aliphatic rings. The zero-order valence-corrected chi connectivity index (χ0v) is 10.9. The van der Waals surface area contributed by atoms with Crippen molar-refractivity contribution in [1.82, 2.24) is 10.2 Å². The number of hydrogen-bond donors (Lipinski definition) is 1. The molecule has 2 fully saturated rings. The Kier molecular flexibility index (Phi) is 3.87. The van der Waals surface area contributed by atoms with E-state index in [4.69, 9.17) is 9.47 Å². The highest BCUT2D eigenvalue weighted by Crippen LogP contribution is 2.27. The monoisotopic (exact) mass is 256 g/mol. The van der Waals surface area contributed by atoms with E-state index in [9.17, 15) is 9.59 Å². The number of nitrogens with one attached hydrogen (secondary N) is 1. The van der Waals surface area contributed by atoms with Crippen molar-refractivity contribution in [2.24, 2.45) is 0 Å². The first-order chi connectivity index (χ1) is 8.57. The molecule has 2 heterocycles. The molecule has 0 spiro atoms. The van der Waals surface area contributed by atoms with Crippen molar-refractivity contribution in [1.29, 1.82) is 0 Å². The zero-order valence-electron chi connectivity index (χ0n) is 10.9. The van der Waals surface area contributed by atoms with Gasteiger partial charge in [-0.3, -0.25) is 9.59 Å². The fourth-order valence-electron chi connectivity index (χ4n) is 2.44. The summed E-state index contributed by atoms with van der Waals surface area (Å²) in [5, 5.41) is 2.54. The highest BCUT2D eigenvalue weighted by molar-refractivity contribution is 5.87. The van der Waals surface area contributed by atoms with Crippen molar-refractivity contribution in [3.8, 4) is 0 Å². The summed E-state index contributed by atoms with van der Waals surface area (Å²) in [5.74, 6) is -0.220. The summed E-state index contributed by atoms with van der Waals surface area (Å²) < 4.78 is 10.9. The van der Waals surface area contributed by atoms with Crippen LogP contribution in [-0.4, -0.2) is 61.8 Å². The van der Waals surface area contributed by atoms with Crippen LogP contribution in [0.5, 0.6) is 0 Å². The first-order valence-corrected chi connectivity index (χ1v) is 6.33. The van der Waals surface area contributed by atoms with Crippen molar-refractivity contribution in [3.05, 3.63) is 0 Å². The molecule has 0 saturated carbocycles. The van der Waals surface area contributed by atoms with Crippen LogP contribution in [-0.2, 0) is 19.1 Å². The van der Waals surface area contributed by atoms with E-state index in [1.807, 2.05) is 6.92 Å². The molecule has 2 unspecified atom stereocenters. The summed E-state index contributed by atoms with van der Waals surface area (Å²) in [4.78, 5) is 25.6. The third-order valence-corrected chi connectivity index (χ3v) is 3.56. The number of hydrogen-bond acceptors (Lipinski definition) is 4. The minimum Gasteiger partial charge on any atom is -0.365 e. The summed E-state index contributed by atoms with van der Waals surface area (Å²) in [6.07, 6.45) is 1.08. The molecule has 18 heavy (non-hydrogen) atoms. The van der Waals surface area contributed by atoms with E-state index in [1.54, 1.807) is 11.9 Å². The molecule has 0 aromatic heterocycles. The van der Waals surface area contributed by atoms with E-state index < -0.39 is 11.7 Å². The molecule has 0 aromatic carbocycles. The Morgan fingerprint density at radius 2 is 2.17 bits per heavy atom. The second-order valence-corrected chi connectivity index (χ2v) is 4.91. The molecule has 2 amide bonds. The number of carbonyl (C=O) groups is 2. The summed E-state index contributed by atoms with van der Waals surface area (Å²) >= 11 is 0. The van der Waals surface area contributed by atoms with Crippen LogP contribution in [0.4, 0.5) is 0 Å². The second-order valence-electron chi connectivity index (χ2n) is 4.91. The molecular formula is C12H20N2O4. The van der Waals surface area contributed by atoms with Crippen LogP contribution in [0.1, 0.15) is 19.8 Å². The summed E-state index contributed by atoms with van der Waals surface area (Å²) in [6.45, 7) is 3.67. The largest absolute Gasteiger partial charge is 0.365 e. The lowest BCUT2D eigenvalue weighted by atomic mass is 10.0. The number of morpholine rings is 1. The van der Waals surface area contributed by atoms with Crippen molar-refractivity contribution >= 4 is 11.8 Å². The maximum Gasteiger partial charge on any atom is 0.254 e. The molecule has 2 atom stereocenters. The van der Waals surface area contributed by atoms with Gasteiger partial charge < -0.3 is 19.7 Å². The van der Waals surface area contributed by atoms with Crippen LogP contribution in [0.25, 0.3) is 0 Å². The Morgan fingerprint density at radius 3 is 2.78 bits per heavy atom. The Labute approximate surface area is 107 Å². The topological polar surface area (TPSA) is 67.9 Å². The van der Waals surface area contributed by atoms with Gasteiger partial charge in [0.15, 0.2) is 6.10 Å². The Balaban J connectivity index is 2.00.